The summed E-state index contributed by atoms with van der Waals surface area (Å²) in [6.45, 7) is 8.04. The Labute approximate surface area is 106 Å². The van der Waals surface area contributed by atoms with Gasteiger partial charge in [0.25, 0.3) is 0 Å². The molecule has 1 N–H and O–H groups in total. The molecule has 3 atom stereocenters. The molecule has 94 valence electrons. The van der Waals surface area contributed by atoms with Crippen molar-refractivity contribution >= 4 is 0 Å². The minimum atomic E-state index is 0.479. The molecule has 1 aromatic rings. The zero-order valence-corrected chi connectivity index (χ0v) is 11.4. The molecular formula is C16H25N. The fraction of sp³-hybridized carbons (Fsp3) is 0.625. The smallest absolute Gasteiger partial charge is 0.0294 e. The maximum Gasteiger partial charge on any atom is 0.0294 e. The number of hydrogen-bond donors (Lipinski definition) is 1. The molecule has 2 rings (SSSR count). The Morgan fingerprint density at radius 3 is 2.71 bits per heavy atom. The average Bonchev–Trinajstić information content (AvgIpc) is 2.73. The standard InChI is InChI=1S/C16H25N/c1-12-8-9-15(10-12)11-17-14(3)16-7-5-4-6-13(16)2/h4-7,12,14-15,17H,8-11H2,1-3H3. The molecule has 1 aliphatic carbocycles. The first-order valence-electron chi connectivity index (χ1n) is 6.95. The van der Waals surface area contributed by atoms with E-state index in [-0.39, 0.29) is 0 Å². The summed E-state index contributed by atoms with van der Waals surface area (Å²) in [4.78, 5) is 0. The van der Waals surface area contributed by atoms with E-state index in [0.29, 0.717) is 6.04 Å². The first-order valence-corrected chi connectivity index (χ1v) is 6.95. The van der Waals surface area contributed by atoms with E-state index in [4.69, 9.17) is 0 Å². The highest BCUT2D eigenvalue weighted by Crippen LogP contribution is 2.30. The molecule has 0 aromatic heterocycles. The Morgan fingerprint density at radius 1 is 1.29 bits per heavy atom. The minimum absolute atomic E-state index is 0.479. The molecule has 1 saturated carbocycles. The molecule has 0 bridgehead atoms. The highest BCUT2D eigenvalue weighted by atomic mass is 14.9. The van der Waals surface area contributed by atoms with Gasteiger partial charge in [0.1, 0.15) is 0 Å². The van der Waals surface area contributed by atoms with Gasteiger partial charge in [0.15, 0.2) is 0 Å². The first kappa shape index (κ1) is 12.6. The summed E-state index contributed by atoms with van der Waals surface area (Å²) >= 11 is 0. The van der Waals surface area contributed by atoms with Gasteiger partial charge >= 0.3 is 0 Å². The molecule has 0 amide bonds. The van der Waals surface area contributed by atoms with Crippen molar-refractivity contribution in [1.82, 2.24) is 5.32 Å². The van der Waals surface area contributed by atoms with E-state index in [1.54, 1.807) is 0 Å². The second kappa shape index (κ2) is 5.68. The van der Waals surface area contributed by atoms with Crippen LogP contribution in [0.4, 0.5) is 0 Å². The molecule has 1 aromatic carbocycles. The van der Waals surface area contributed by atoms with E-state index in [1.165, 1.54) is 36.9 Å². The van der Waals surface area contributed by atoms with Gasteiger partial charge in [-0.3, -0.25) is 0 Å². The van der Waals surface area contributed by atoms with E-state index < -0.39 is 0 Å². The van der Waals surface area contributed by atoms with E-state index >= 15 is 0 Å². The molecule has 1 fully saturated rings. The Morgan fingerprint density at radius 2 is 2.06 bits per heavy atom. The van der Waals surface area contributed by atoms with Crippen LogP contribution in [0.5, 0.6) is 0 Å². The lowest BCUT2D eigenvalue weighted by Crippen LogP contribution is -2.25. The van der Waals surface area contributed by atoms with E-state index in [2.05, 4.69) is 50.4 Å². The quantitative estimate of drug-likeness (QED) is 0.823. The summed E-state index contributed by atoms with van der Waals surface area (Å²) in [6, 6.07) is 9.17. The van der Waals surface area contributed by atoms with E-state index in [1.807, 2.05) is 0 Å². The molecular weight excluding hydrogens is 206 g/mol. The van der Waals surface area contributed by atoms with Crippen LogP contribution in [-0.4, -0.2) is 6.54 Å². The monoisotopic (exact) mass is 231 g/mol. The van der Waals surface area contributed by atoms with Crippen LogP contribution in [0.15, 0.2) is 24.3 Å². The fourth-order valence-corrected chi connectivity index (χ4v) is 3.04. The third-order valence-electron chi connectivity index (χ3n) is 4.17. The maximum atomic E-state index is 3.70. The lowest BCUT2D eigenvalue weighted by atomic mass is 10.0. The maximum absolute atomic E-state index is 3.70. The number of nitrogens with one attached hydrogen (secondary N) is 1. The van der Waals surface area contributed by atoms with E-state index in [0.717, 1.165) is 11.8 Å². The first-order chi connectivity index (χ1) is 8.16. The van der Waals surface area contributed by atoms with Gasteiger partial charge in [-0.15, -0.1) is 0 Å². The summed E-state index contributed by atoms with van der Waals surface area (Å²) in [5, 5.41) is 3.70. The second-order valence-corrected chi connectivity index (χ2v) is 5.77. The molecule has 3 unspecified atom stereocenters. The van der Waals surface area contributed by atoms with Crippen LogP contribution >= 0.6 is 0 Å². The van der Waals surface area contributed by atoms with Crippen molar-refractivity contribution in [2.45, 2.75) is 46.1 Å². The van der Waals surface area contributed by atoms with Crippen LogP contribution in [0.3, 0.4) is 0 Å². The van der Waals surface area contributed by atoms with Crippen LogP contribution in [0.1, 0.15) is 50.3 Å². The van der Waals surface area contributed by atoms with Crippen LogP contribution < -0.4 is 5.32 Å². The van der Waals surface area contributed by atoms with Crippen molar-refractivity contribution in [2.75, 3.05) is 6.54 Å². The van der Waals surface area contributed by atoms with Gasteiger partial charge in [0, 0.05) is 6.04 Å². The van der Waals surface area contributed by atoms with Gasteiger partial charge in [0.2, 0.25) is 0 Å². The largest absolute Gasteiger partial charge is 0.310 e. The zero-order chi connectivity index (χ0) is 12.3. The van der Waals surface area contributed by atoms with Crippen molar-refractivity contribution in [3.63, 3.8) is 0 Å². The van der Waals surface area contributed by atoms with Gasteiger partial charge in [-0.1, -0.05) is 37.6 Å². The molecule has 17 heavy (non-hydrogen) atoms. The summed E-state index contributed by atoms with van der Waals surface area (Å²) in [7, 11) is 0. The van der Waals surface area contributed by atoms with Crippen molar-refractivity contribution in [3.05, 3.63) is 35.4 Å². The molecule has 0 saturated heterocycles. The summed E-state index contributed by atoms with van der Waals surface area (Å²) in [6.07, 6.45) is 4.24. The van der Waals surface area contributed by atoms with Crippen LogP contribution in [0.25, 0.3) is 0 Å². The Kier molecular flexibility index (Phi) is 4.22. The van der Waals surface area contributed by atoms with Crippen molar-refractivity contribution < 1.29 is 0 Å². The van der Waals surface area contributed by atoms with Gasteiger partial charge in [0.05, 0.1) is 0 Å². The van der Waals surface area contributed by atoms with Crippen molar-refractivity contribution in [3.8, 4) is 0 Å². The van der Waals surface area contributed by atoms with Gasteiger partial charge in [-0.2, -0.15) is 0 Å². The Hall–Kier alpha value is -0.820. The number of benzene rings is 1. The summed E-state index contributed by atoms with van der Waals surface area (Å²) in [5.74, 6) is 1.84. The molecule has 1 nitrogen and oxygen atoms in total. The second-order valence-electron chi connectivity index (χ2n) is 5.77. The number of hydrogen-bond acceptors (Lipinski definition) is 1. The van der Waals surface area contributed by atoms with Crippen molar-refractivity contribution in [1.29, 1.82) is 0 Å². The Balaban J connectivity index is 1.85. The lowest BCUT2D eigenvalue weighted by molar-refractivity contribution is 0.439. The van der Waals surface area contributed by atoms with Crippen molar-refractivity contribution in [2.24, 2.45) is 11.8 Å². The van der Waals surface area contributed by atoms with E-state index in [9.17, 15) is 0 Å². The Bertz CT molecular complexity index is 358. The molecule has 0 aliphatic heterocycles. The molecule has 0 radical (unpaired) electrons. The van der Waals surface area contributed by atoms with Crippen LogP contribution in [0, 0.1) is 18.8 Å². The summed E-state index contributed by atoms with van der Waals surface area (Å²) in [5.41, 5.74) is 2.84. The SMILES string of the molecule is Cc1ccccc1C(C)NCC1CCC(C)C1. The third-order valence-corrected chi connectivity index (χ3v) is 4.17. The highest BCUT2D eigenvalue weighted by Gasteiger charge is 2.21. The minimum Gasteiger partial charge on any atom is -0.310 e. The predicted molar refractivity (Wildman–Crippen MR) is 74.1 cm³/mol. The number of aryl methyl sites for hydroxylation is 1. The third kappa shape index (κ3) is 3.32. The topological polar surface area (TPSA) is 12.0 Å². The lowest BCUT2D eigenvalue weighted by Gasteiger charge is -2.19. The normalized spacial score (nSPS) is 26.1. The molecule has 0 heterocycles. The summed E-state index contributed by atoms with van der Waals surface area (Å²) < 4.78 is 0. The zero-order valence-electron chi connectivity index (χ0n) is 11.4. The highest BCUT2D eigenvalue weighted by molar-refractivity contribution is 5.28. The molecule has 1 heteroatoms. The fourth-order valence-electron chi connectivity index (χ4n) is 3.04. The molecule has 1 aliphatic rings. The van der Waals surface area contributed by atoms with Crippen LogP contribution in [-0.2, 0) is 0 Å². The van der Waals surface area contributed by atoms with Gasteiger partial charge < -0.3 is 5.32 Å². The number of rotatable bonds is 4. The predicted octanol–water partition coefficient (Wildman–Crippen LogP) is 4.08. The van der Waals surface area contributed by atoms with Gasteiger partial charge in [-0.25, -0.2) is 0 Å². The van der Waals surface area contributed by atoms with Crippen LogP contribution in [0.2, 0.25) is 0 Å². The average molecular weight is 231 g/mol. The molecule has 0 spiro atoms. The van der Waals surface area contributed by atoms with Gasteiger partial charge in [-0.05, 0) is 56.2 Å².